The van der Waals surface area contributed by atoms with Crippen molar-refractivity contribution in [3.05, 3.63) is 26.7 Å². The molecule has 0 aliphatic heterocycles. The molecule has 0 saturated heterocycles. The van der Waals surface area contributed by atoms with Gasteiger partial charge in [0.05, 0.1) is 0 Å². The summed E-state index contributed by atoms with van der Waals surface area (Å²) in [6.07, 6.45) is 0.922. The molecule has 0 aliphatic rings. The number of hydrogen-bond donors (Lipinski definition) is 2. The largest absolute Gasteiger partial charge is 0.336 e. The van der Waals surface area contributed by atoms with Gasteiger partial charge < -0.3 is 4.98 Å². The first-order chi connectivity index (χ1) is 7.54. The van der Waals surface area contributed by atoms with Crippen LogP contribution in [0.2, 0.25) is 0 Å². The molecule has 0 fully saturated rings. The zero-order valence-electron chi connectivity index (χ0n) is 9.50. The number of nitrogens with zero attached hydrogens (tertiary/aromatic N) is 2. The lowest BCUT2D eigenvalue weighted by Crippen LogP contribution is -2.28. The Balaban J connectivity index is 2.80. The number of aromatic nitrogens is 4. The predicted octanol–water partition coefficient (Wildman–Crippen LogP) is 0.463. The van der Waals surface area contributed by atoms with Crippen molar-refractivity contribution in [3.63, 3.8) is 0 Å². The third-order valence-corrected chi connectivity index (χ3v) is 2.85. The smallest absolute Gasteiger partial charge is 0.329 e. The van der Waals surface area contributed by atoms with Crippen LogP contribution in [0.1, 0.15) is 32.0 Å². The third kappa shape index (κ3) is 1.46. The fraction of sp³-hybridized carbons (Fsp3) is 0.500. The molecule has 6 heteroatoms. The van der Waals surface area contributed by atoms with Gasteiger partial charge in [-0.2, -0.15) is 0 Å². The molecule has 86 valence electrons. The number of nitrogens with one attached hydrogen (secondary N) is 2. The van der Waals surface area contributed by atoms with Gasteiger partial charge >= 0.3 is 5.69 Å². The Labute approximate surface area is 91.3 Å². The zero-order chi connectivity index (χ0) is 11.9. The molecule has 0 aliphatic carbocycles. The SMILES string of the molecule is CCC(C)c1nc2c([nH]1)c(=O)[nH]c(=O)n2C. The van der Waals surface area contributed by atoms with E-state index in [2.05, 4.69) is 15.0 Å². The van der Waals surface area contributed by atoms with Gasteiger partial charge in [-0.1, -0.05) is 13.8 Å². The Hall–Kier alpha value is -1.85. The molecule has 6 nitrogen and oxygen atoms in total. The molecule has 0 spiro atoms. The minimum atomic E-state index is -0.445. The molecule has 0 radical (unpaired) electrons. The monoisotopic (exact) mass is 222 g/mol. The normalized spacial score (nSPS) is 13.2. The number of imidazole rings is 1. The van der Waals surface area contributed by atoms with Crippen LogP contribution in [0.15, 0.2) is 9.59 Å². The highest BCUT2D eigenvalue weighted by atomic mass is 16.2. The minimum absolute atomic E-state index is 0.238. The molecule has 16 heavy (non-hydrogen) atoms. The van der Waals surface area contributed by atoms with Gasteiger partial charge in [0.25, 0.3) is 5.56 Å². The first kappa shape index (κ1) is 10.7. The molecular weight excluding hydrogens is 208 g/mol. The quantitative estimate of drug-likeness (QED) is 0.774. The maximum absolute atomic E-state index is 11.5. The molecule has 0 aromatic carbocycles. The maximum Gasteiger partial charge on any atom is 0.329 e. The fourth-order valence-electron chi connectivity index (χ4n) is 1.55. The standard InChI is InChI=1S/C10H14N4O2/c1-4-5(2)7-11-6-8(12-7)14(3)10(16)13-9(6)15/h5H,4H2,1-3H3,(H,11,12)(H,13,15,16). The fourth-order valence-corrected chi connectivity index (χ4v) is 1.55. The predicted molar refractivity (Wildman–Crippen MR) is 60.7 cm³/mol. The molecule has 2 aromatic rings. The van der Waals surface area contributed by atoms with Crippen molar-refractivity contribution in [2.75, 3.05) is 0 Å². The van der Waals surface area contributed by atoms with Gasteiger partial charge in [0, 0.05) is 13.0 Å². The van der Waals surface area contributed by atoms with Crippen molar-refractivity contribution in [3.8, 4) is 0 Å². The van der Waals surface area contributed by atoms with Crippen LogP contribution in [0.25, 0.3) is 11.2 Å². The summed E-state index contributed by atoms with van der Waals surface area (Å²) in [7, 11) is 1.59. The van der Waals surface area contributed by atoms with Crippen LogP contribution in [0.4, 0.5) is 0 Å². The van der Waals surface area contributed by atoms with E-state index in [9.17, 15) is 9.59 Å². The summed E-state index contributed by atoms with van der Waals surface area (Å²) >= 11 is 0. The van der Waals surface area contributed by atoms with Gasteiger partial charge in [0.1, 0.15) is 11.3 Å². The van der Waals surface area contributed by atoms with Crippen LogP contribution in [-0.2, 0) is 7.05 Å². The van der Waals surface area contributed by atoms with E-state index in [1.54, 1.807) is 7.05 Å². The number of fused-ring (bicyclic) bond motifs is 1. The molecule has 2 rings (SSSR count). The van der Waals surface area contributed by atoms with Crippen LogP contribution < -0.4 is 11.2 Å². The number of aryl methyl sites for hydroxylation is 1. The maximum atomic E-state index is 11.5. The molecular formula is C10H14N4O2. The van der Waals surface area contributed by atoms with E-state index < -0.39 is 11.2 Å². The Morgan fingerprint density at radius 3 is 2.69 bits per heavy atom. The average Bonchev–Trinajstić information content (AvgIpc) is 2.70. The van der Waals surface area contributed by atoms with E-state index in [-0.39, 0.29) is 5.92 Å². The third-order valence-electron chi connectivity index (χ3n) is 2.85. The van der Waals surface area contributed by atoms with Crippen molar-refractivity contribution >= 4 is 11.2 Å². The summed E-state index contributed by atoms with van der Waals surface area (Å²) in [5.41, 5.74) is -0.0960. The van der Waals surface area contributed by atoms with Gasteiger partial charge in [-0.15, -0.1) is 0 Å². The summed E-state index contributed by atoms with van der Waals surface area (Å²) in [4.78, 5) is 32.4. The lowest BCUT2D eigenvalue weighted by atomic mass is 10.1. The number of aromatic amines is 2. The molecule has 1 unspecified atom stereocenters. The average molecular weight is 222 g/mol. The zero-order valence-corrected chi connectivity index (χ0v) is 9.50. The highest BCUT2D eigenvalue weighted by Crippen LogP contribution is 2.16. The summed E-state index contributed by atoms with van der Waals surface area (Å²) in [5.74, 6) is 0.978. The van der Waals surface area contributed by atoms with E-state index in [0.29, 0.717) is 11.2 Å². The summed E-state index contributed by atoms with van der Waals surface area (Å²) in [6.45, 7) is 4.06. The second-order valence-electron chi connectivity index (χ2n) is 3.95. The van der Waals surface area contributed by atoms with Crippen molar-refractivity contribution < 1.29 is 0 Å². The molecule has 2 aromatic heterocycles. The number of H-pyrrole nitrogens is 2. The van der Waals surface area contributed by atoms with Gasteiger partial charge in [-0.25, -0.2) is 9.78 Å². The topological polar surface area (TPSA) is 83.5 Å². The molecule has 2 N–H and O–H groups in total. The van der Waals surface area contributed by atoms with Gasteiger partial charge in [-0.3, -0.25) is 14.3 Å². The first-order valence-electron chi connectivity index (χ1n) is 5.23. The van der Waals surface area contributed by atoms with E-state index in [1.807, 2.05) is 13.8 Å². The Kier molecular flexibility index (Phi) is 2.41. The van der Waals surface area contributed by atoms with Crippen molar-refractivity contribution in [1.82, 2.24) is 19.5 Å². The molecule has 0 bridgehead atoms. The highest BCUT2D eigenvalue weighted by Gasteiger charge is 2.13. The van der Waals surface area contributed by atoms with Gasteiger partial charge in [0.2, 0.25) is 0 Å². The van der Waals surface area contributed by atoms with E-state index in [0.717, 1.165) is 12.2 Å². The number of rotatable bonds is 2. The van der Waals surface area contributed by atoms with Gasteiger partial charge in [-0.05, 0) is 6.42 Å². The second-order valence-corrected chi connectivity index (χ2v) is 3.95. The summed E-state index contributed by atoms with van der Waals surface area (Å²) in [6, 6.07) is 0. The minimum Gasteiger partial charge on any atom is -0.336 e. The van der Waals surface area contributed by atoms with Crippen LogP contribution in [0.3, 0.4) is 0 Å². The van der Waals surface area contributed by atoms with Crippen LogP contribution >= 0.6 is 0 Å². The van der Waals surface area contributed by atoms with E-state index in [1.165, 1.54) is 4.57 Å². The highest BCUT2D eigenvalue weighted by molar-refractivity contribution is 5.69. The van der Waals surface area contributed by atoms with Crippen molar-refractivity contribution in [1.29, 1.82) is 0 Å². The molecule has 0 amide bonds. The molecule has 2 heterocycles. The molecule has 1 atom stereocenters. The lowest BCUT2D eigenvalue weighted by molar-refractivity contribution is 0.690. The second kappa shape index (κ2) is 3.62. The summed E-state index contributed by atoms with van der Waals surface area (Å²) < 4.78 is 1.33. The Morgan fingerprint density at radius 2 is 2.06 bits per heavy atom. The van der Waals surface area contributed by atoms with Crippen LogP contribution in [0.5, 0.6) is 0 Å². The van der Waals surface area contributed by atoms with E-state index >= 15 is 0 Å². The Bertz CT molecular complexity index is 634. The lowest BCUT2D eigenvalue weighted by Gasteiger charge is -2.01. The van der Waals surface area contributed by atoms with Crippen LogP contribution in [-0.4, -0.2) is 19.5 Å². The van der Waals surface area contributed by atoms with Gasteiger partial charge in [0.15, 0.2) is 5.65 Å². The molecule has 0 saturated carbocycles. The summed E-state index contributed by atoms with van der Waals surface area (Å²) in [5, 5.41) is 0. The van der Waals surface area contributed by atoms with Crippen LogP contribution in [0, 0.1) is 0 Å². The first-order valence-corrected chi connectivity index (χ1v) is 5.23. The van der Waals surface area contributed by atoms with E-state index in [4.69, 9.17) is 0 Å². The van der Waals surface area contributed by atoms with Crippen molar-refractivity contribution in [2.24, 2.45) is 7.05 Å². The number of hydrogen-bond acceptors (Lipinski definition) is 3. The van der Waals surface area contributed by atoms with Crippen molar-refractivity contribution in [2.45, 2.75) is 26.2 Å². The Morgan fingerprint density at radius 1 is 1.38 bits per heavy atom.